The third-order valence-electron chi connectivity index (χ3n) is 5.95. The number of ketones is 1. The summed E-state index contributed by atoms with van der Waals surface area (Å²) in [4.78, 5) is 34.1. The second kappa shape index (κ2) is 10.3. The molecule has 0 unspecified atom stereocenters. The Morgan fingerprint density at radius 2 is 1.66 bits per heavy atom. The van der Waals surface area contributed by atoms with Gasteiger partial charge in [0, 0.05) is 36.3 Å². The van der Waals surface area contributed by atoms with Crippen molar-refractivity contribution in [2.45, 2.75) is 12.8 Å². The Hall–Kier alpha value is -3.38. The Kier molecular flexibility index (Phi) is 7.02. The van der Waals surface area contributed by atoms with Crippen molar-refractivity contribution in [3.8, 4) is 0 Å². The van der Waals surface area contributed by atoms with Gasteiger partial charge in [-0.2, -0.15) is 0 Å². The summed E-state index contributed by atoms with van der Waals surface area (Å²) in [5, 5.41) is 0. The Morgan fingerprint density at radius 1 is 0.938 bits per heavy atom. The first-order valence-electron chi connectivity index (χ1n) is 10.9. The van der Waals surface area contributed by atoms with Gasteiger partial charge in [-0.25, -0.2) is 4.39 Å². The largest absolute Gasteiger partial charge is 0.306 e. The maximum Gasteiger partial charge on any atom is 0.258 e. The third kappa shape index (κ3) is 5.26. The van der Waals surface area contributed by atoms with Gasteiger partial charge in [0.05, 0.1) is 11.9 Å². The molecule has 0 bridgehead atoms. The normalized spacial score (nSPS) is 14.8. The van der Waals surface area contributed by atoms with Crippen LogP contribution in [0.25, 0.3) is 0 Å². The molecule has 0 saturated carbocycles. The van der Waals surface area contributed by atoms with Crippen LogP contribution in [0, 0.1) is 11.7 Å². The van der Waals surface area contributed by atoms with E-state index in [1.807, 2.05) is 42.5 Å². The Morgan fingerprint density at radius 3 is 2.31 bits per heavy atom. The van der Waals surface area contributed by atoms with Crippen molar-refractivity contribution in [2.75, 3.05) is 31.1 Å². The summed E-state index contributed by atoms with van der Waals surface area (Å²) in [5.41, 5.74) is 1.98. The molecule has 1 aromatic heterocycles. The lowest BCUT2D eigenvalue weighted by Gasteiger charge is -2.33. The number of nitrogens with zero attached hydrogens (tertiary/aromatic N) is 3. The average molecular weight is 432 g/mol. The van der Waals surface area contributed by atoms with Gasteiger partial charge < -0.3 is 9.80 Å². The molecule has 1 fully saturated rings. The number of amides is 1. The minimum Gasteiger partial charge on any atom is -0.306 e. The highest BCUT2D eigenvalue weighted by molar-refractivity contribution is 6.06. The highest BCUT2D eigenvalue weighted by Crippen LogP contribution is 2.23. The van der Waals surface area contributed by atoms with E-state index in [-0.39, 0.29) is 23.4 Å². The number of aromatic nitrogens is 1. The first-order chi connectivity index (χ1) is 15.6. The molecule has 1 amide bonds. The van der Waals surface area contributed by atoms with Crippen LogP contribution >= 0.6 is 0 Å². The standard InChI is InChI=1S/C26H26FN3O2/c27-23-10-8-20(9-11-23)25(31)21-12-15-29(16-13-21)17-18-30(24-7-4-14-28-19-24)26(32)22-5-2-1-3-6-22/h1-11,14,19,21H,12-13,15-18H2. The zero-order chi connectivity index (χ0) is 22.3. The number of hydrogen-bond donors (Lipinski definition) is 0. The topological polar surface area (TPSA) is 53.5 Å². The van der Waals surface area contributed by atoms with Gasteiger partial charge in [-0.15, -0.1) is 0 Å². The van der Waals surface area contributed by atoms with Crippen LogP contribution in [0.1, 0.15) is 33.6 Å². The number of hydrogen-bond acceptors (Lipinski definition) is 4. The molecule has 164 valence electrons. The van der Waals surface area contributed by atoms with Gasteiger partial charge in [-0.05, 0) is 74.5 Å². The van der Waals surface area contributed by atoms with Crippen LogP contribution in [-0.4, -0.2) is 47.8 Å². The molecule has 0 N–H and O–H groups in total. The fourth-order valence-electron chi connectivity index (χ4n) is 4.11. The summed E-state index contributed by atoms with van der Waals surface area (Å²) >= 11 is 0. The smallest absolute Gasteiger partial charge is 0.258 e. The van der Waals surface area contributed by atoms with E-state index in [0.717, 1.165) is 31.6 Å². The molecule has 6 heteroatoms. The molecule has 0 radical (unpaired) electrons. The van der Waals surface area contributed by atoms with E-state index in [9.17, 15) is 14.0 Å². The Bertz CT molecular complexity index is 1030. The lowest BCUT2D eigenvalue weighted by atomic mass is 9.89. The fraction of sp³-hybridized carbons (Fsp3) is 0.269. The van der Waals surface area contributed by atoms with Crippen LogP contribution in [0.5, 0.6) is 0 Å². The zero-order valence-corrected chi connectivity index (χ0v) is 17.9. The summed E-state index contributed by atoms with van der Waals surface area (Å²) in [5.74, 6) is -0.349. The Labute approximate surface area is 187 Å². The predicted octanol–water partition coefficient (Wildman–Crippen LogP) is 4.46. The molecule has 5 nitrogen and oxygen atoms in total. The summed E-state index contributed by atoms with van der Waals surface area (Å²) in [6.45, 7) is 2.83. The molecule has 0 atom stereocenters. The maximum atomic E-state index is 13.1. The number of carbonyl (C=O) groups is 2. The molecule has 2 heterocycles. The second-order valence-electron chi connectivity index (χ2n) is 8.02. The van der Waals surface area contributed by atoms with Gasteiger partial charge in [0.25, 0.3) is 5.91 Å². The van der Waals surface area contributed by atoms with Crippen molar-refractivity contribution >= 4 is 17.4 Å². The number of pyridine rings is 1. The van der Waals surface area contributed by atoms with Crippen molar-refractivity contribution in [1.82, 2.24) is 9.88 Å². The molecular formula is C26H26FN3O2. The molecule has 1 aliphatic heterocycles. The van der Waals surface area contributed by atoms with E-state index >= 15 is 0 Å². The lowest BCUT2D eigenvalue weighted by Crippen LogP contribution is -2.42. The van der Waals surface area contributed by atoms with Gasteiger partial charge >= 0.3 is 0 Å². The minimum absolute atomic E-state index is 0.0444. The van der Waals surface area contributed by atoms with Crippen LogP contribution in [0.4, 0.5) is 10.1 Å². The van der Waals surface area contributed by atoms with Crippen LogP contribution in [0.3, 0.4) is 0 Å². The summed E-state index contributed by atoms with van der Waals surface area (Å²) in [6, 6.07) is 18.7. The van der Waals surface area contributed by atoms with Crippen LogP contribution in [0.2, 0.25) is 0 Å². The molecule has 0 spiro atoms. The van der Waals surface area contributed by atoms with Crippen molar-refractivity contribution in [3.63, 3.8) is 0 Å². The van der Waals surface area contributed by atoms with Gasteiger partial charge in [-0.3, -0.25) is 14.6 Å². The van der Waals surface area contributed by atoms with E-state index in [1.165, 1.54) is 12.1 Å². The number of anilines is 1. The van der Waals surface area contributed by atoms with E-state index in [2.05, 4.69) is 9.88 Å². The number of piperidine rings is 1. The second-order valence-corrected chi connectivity index (χ2v) is 8.02. The molecule has 1 aliphatic rings. The zero-order valence-electron chi connectivity index (χ0n) is 17.9. The maximum absolute atomic E-state index is 13.1. The molecule has 2 aromatic carbocycles. The monoisotopic (exact) mass is 431 g/mol. The number of halogens is 1. The van der Waals surface area contributed by atoms with Gasteiger partial charge in [-0.1, -0.05) is 18.2 Å². The number of carbonyl (C=O) groups excluding carboxylic acids is 2. The van der Waals surface area contributed by atoms with Crippen molar-refractivity contribution in [1.29, 1.82) is 0 Å². The van der Waals surface area contributed by atoms with E-state index in [1.54, 1.807) is 29.4 Å². The molecule has 4 rings (SSSR count). The summed E-state index contributed by atoms with van der Waals surface area (Å²) in [7, 11) is 0. The van der Waals surface area contributed by atoms with Crippen molar-refractivity contribution in [2.24, 2.45) is 5.92 Å². The molecule has 1 saturated heterocycles. The van der Waals surface area contributed by atoms with Crippen LogP contribution in [-0.2, 0) is 0 Å². The van der Waals surface area contributed by atoms with E-state index < -0.39 is 0 Å². The van der Waals surface area contributed by atoms with Crippen LogP contribution < -0.4 is 4.90 Å². The predicted molar refractivity (Wildman–Crippen MR) is 122 cm³/mol. The molecule has 3 aromatic rings. The SMILES string of the molecule is O=C(c1ccc(F)cc1)C1CCN(CCN(C(=O)c2ccccc2)c2cccnc2)CC1. The molecular weight excluding hydrogens is 405 g/mol. The number of likely N-dealkylation sites (tertiary alicyclic amines) is 1. The van der Waals surface area contributed by atoms with Gasteiger partial charge in [0.15, 0.2) is 5.78 Å². The van der Waals surface area contributed by atoms with E-state index in [4.69, 9.17) is 0 Å². The first-order valence-corrected chi connectivity index (χ1v) is 10.9. The summed E-state index contributed by atoms with van der Waals surface area (Å²) < 4.78 is 13.1. The fourth-order valence-corrected chi connectivity index (χ4v) is 4.11. The lowest BCUT2D eigenvalue weighted by molar-refractivity contribution is 0.0841. The quantitative estimate of drug-likeness (QED) is 0.518. The van der Waals surface area contributed by atoms with E-state index in [0.29, 0.717) is 24.2 Å². The number of rotatable bonds is 7. The minimum atomic E-state index is -0.334. The van der Waals surface area contributed by atoms with Crippen molar-refractivity contribution in [3.05, 3.63) is 96.1 Å². The highest BCUT2D eigenvalue weighted by atomic mass is 19.1. The molecule has 0 aliphatic carbocycles. The molecule has 32 heavy (non-hydrogen) atoms. The highest BCUT2D eigenvalue weighted by Gasteiger charge is 2.26. The number of benzene rings is 2. The van der Waals surface area contributed by atoms with Gasteiger partial charge in [0.1, 0.15) is 5.82 Å². The summed E-state index contributed by atoms with van der Waals surface area (Å²) in [6.07, 6.45) is 4.91. The Balaban J connectivity index is 1.36. The third-order valence-corrected chi connectivity index (χ3v) is 5.95. The first kappa shape index (κ1) is 21.8. The van der Waals surface area contributed by atoms with Crippen molar-refractivity contribution < 1.29 is 14.0 Å². The number of Topliss-reactive ketones (excluding diaryl/α,β-unsaturated/α-hetero) is 1. The van der Waals surface area contributed by atoms with Crippen LogP contribution in [0.15, 0.2) is 79.1 Å². The van der Waals surface area contributed by atoms with Gasteiger partial charge in [0.2, 0.25) is 0 Å². The average Bonchev–Trinajstić information content (AvgIpc) is 2.86.